The summed E-state index contributed by atoms with van der Waals surface area (Å²) in [6.45, 7) is 4.62. The van der Waals surface area contributed by atoms with Crippen LogP contribution < -0.4 is 10.2 Å². The second kappa shape index (κ2) is 9.53. The molecule has 2 aliphatic rings. The van der Waals surface area contributed by atoms with E-state index in [4.69, 9.17) is 16.6 Å². The van der Waals surface area contributed by atoms with Crippen molar-refractivity contribution in [1.29, 1.82) is 0 Å². The van der Waals surface area contributed by atoms with Gasteiger partial charge >= 0.3 is 0 Å². The molecule has 0 spiro atoms. The molecule has 0 saturated carbocycles. The Morgan fingerprint density at radius 3 is 2.65 bits per heavy atom. The number of carbonyl (C=O) groups is 1. The molecular formula is C22H32ClN7O. The van der Waals surface area contributed by atoms with Crippen LogP contribution in [0.3, 0.4) is 0 Å². The zero-order valence-corrected chi connectivity index (χ0v) is 19.3. The number of halogens is 1. The highest BCUT2D eigenvalue weighted by molar-refractivity contribution is 6.29. The Kier molecular flexibility index (Phi) is 6.77. The quantitative estimate of drug-likeness (QED) is 0.591. The van der Waals surface area contributed by atoms with Gasteiger partial charge in [0.15, 0.2) is 5.82 Å². The number of hydrogen-bond acceptors (Lipinski definition) is 7. The number of H-pyrrole nitrogens is 1. The summed E-state index contributed by atoms with van der Waals surface area (Å²) in [6.07, 6.45) is 7.20. The van der Waals surface area contributed by atoms with Gasteiger partial charge in [-0.2, -0.15) is 10.1 Å². The van der Waals surface area contributed by atoms with Crippen LogP contribution in [-0.2, 0) is 4.79 Å². The van der Waals surface area contributed by atoms with Crippen LogP contribution in [0, 0.1) is 6.92 Å². The van der Waals surface area contributed by atoms with Gasteiger partial charge in [-0.15, -0.1) is 0 Å². The molecule has 2 N–H and O–H groups in total. The van der Waals surface area contributed by atoms with E-state index in [0.717, 1.165) is 37.8 Å². The Bertz CT molecular complexity index is 903. The van der Waals surface area contributed by atoms with E-state index in [0.29, 0.717) is 59.6 Å². The van der Waals surface area contributed by atoms with Gasteiger partial charge in [0.2, 0.25) is 5.95 Å². The minimum absolute atomic E-state index is 0.326. The molecule has 4 heterocycles. The first-order valence-corrected chi connectivity index (χ1v) is 11.6. The highest BCUT2D eigenvalue weighted by atomic mass is 35.5. The molecule has 4 rings (SSSR count). The number of anilines is 3. The third kappa shape index (κ3) is 5.18. The van der Waals surface area contributed by atoms with E-state index in [2.05, 4.69) is 37.2 Å². The van der Waals surface area contributed by atoms with Gasteiger partial charge in [-0.25, -0.2) is 4.98 Å². The van der Waals surface area contributed by atoms with E-state index in [1.54, 1.807) is 6.07 Å². The van der Waals surface area contributed by atoms with Crippen molar-refractivity contribution in [3.05, 3.63) is 23.0 Å². The van der Waals surface area contributed by atoms with Crippen LogP contribution in [0.1, 0.15) is 57.6 Å². The number of fused-ring (bicyclic) bond motifs is 2. The molecule has 2 aromatic heterocycles. The van der Waals surface area contributed by atoms with E-state index < -0.39 is 0 Å². The summed E-state index contributed by atoms with van der Waals surface area (Å²) in [4.78, 5) is 26.1. The van der Waals surface area contributed by atoms with Crippen LogP contribution in [0.4, 0.5) is 17.6 Å². The van der Waals surface area contributed by atoms with Gasteiger partial charge in [-0.3, -0.25) is 14.8 Å². The van der Waals surface area contributed by atoms with E-state index in [-0.39, 0.29) is 0 Å². The standard InChI is InChI=1S/C22H32ClN7O/c1-4-6-18(31)13-30-15-7-5-8-16(30)11-17(10-15)29(3)22-24-19(23)12-20(26-22)25-21-9-14(2)27-28-21/h9,12,15-17H,4-8,10-11,13H2,1-3H3,(H2,24,25,26,27,28)/t15-,16+,17?. The maximum absolute atomic E-state index is 12.3. The highest BCUT2D eigenvalue weighted by Gasteiger charge is 2.40. The number of nitrogens with zero attached hydrogens (tertiary/aromatic N) is 5. The lowest BCUT2D eigenvalue weighted by Gasteiger charge is -2.50. The summed E-state index contributed by atoms with van der Waals surface area (Å²) < 4.78 is 0. The smallest absolute Gasteiger partial charge is 0.228 e. The minimum Gasteiger partial charge on any atom is -0.341 e. The maximum atomic E-state index is 12.3. The maximum Gasteiger partial charge on any atom is 0.228 e. The van der Waals surface area contributed by atoms with Gasteiger partial charge in [-0.1, -0.05) is 24.9 Å². The monoisotopic (exact) mass is 445 g/mol. The molecule has 2 aliphatic heterocycles. The lowest BCUT2D eigenvalue weighted by atomic mass is 9.81. The third-order valence-electron chi connectivity index (χ3n) is 6.50. The molecule has 9 heteroatoms. The summed E-state index contributed by atoms with van der Waals surface area (Å²) in [5, 5.41) is 10.7. The first-order valence-electron chi connectivity index (χ1n) is 11.3. The average molecular weight is 446 g/mol. The van der Waals surface area contributed by atoms with Crippen molar-refractivity contribution in [2.75, 3.05) is 23.8 Å². The number of piperidine rings is 2. The fourth-order valence-electron chi connectivity index (χ4n) is 4.99. The SMILES string of the molecule is CCCC(=O)CN1[C@@H]2CCC[C@H]1CC(N(C)c1nc(Cl)cc(Nc3cc(C)[nH]n3)n1)C2. The van der Waals surface area contributed by atoms with Crippen LogP contribution >= 0.6 is 11.6 Å². The molecule has 168 valence electrons. The predicted molar refractivity (Wildman–Crippen MR) is 123 cm³/mol. The molecule has 0 amide bonds. The van der Waals surface area contributed by atoms with E-state index >= 15 is 0 Å². The average Bonchev–Trinajstić information content (AvgIpc) is 3.11. The topological polar surface area (TPSA) is 90.0 Å². The molecule has 0 aliphatic carbocycles. The van der Waals surface area contributed by atoms with Gasteiger partial charge in [0, 0.05) is 49.4 Å². The lowest BCUT2D eigenvalue weighted by molar-refractivity contribution is -0.123. The molecule has 0 aromatic carbocycles. The number of Topliss-reactive ketones (excluding diaryl/α,β-unsaturated/α-hetero) is 1. The molecule has 31 heavy (non-hydrogen) atoms. The van der Waals surface area contributed by atoms with Crippen LogP contribution in [-0.4, -0.2) is 62.6 Å². The zero-order valence-electron chi connectivity index (χ0n) is 18.6. The van der Waals surface area contributed by atoms with Crippen LogP contribution in [0.15, 0.2) is 12.1 Å². The van der Waals surface area contributed by atoms with Crippen molar-refractivity contribution < 1.29 is 4.79 Å². The van der Waals surface area contributed by atoms with Crippen LogP contribution in [0.5, 0.6) is 0 Å². The summed E-state index contributed by atoms with van der Waals surface area (Å²) in [6, 6.07) is 4.84. The van der Waals surface area contributed by atoms with Gasteiger partial charge in [0.1, 0.15) is 16.8 Å². The Balaban J connectivity index is 1.47. The fraction of sp³-hybridized carbons (Fsp3) is 0.636. The third-order valence-corrected chi connectivity index (χ3v) is 6.69. The molecule has 2 bridgehead atoms. The highest BCUT2D eigenvalue weighted by Crippen LogP contribution is 2.36. The second-order valence-corrected chi connectivity index (χ2v) is 9.26. The Labute approximate surface area is 188 Å². The van der Waals surface area contributed by atoms with E-state index in [9.17, 15) is 4.79 Å². The second-order valence-electron chi connectivity index (χ2n) is 8.87. The van der Waals surface area contributed by atoms with Gasteiger partial charge in [0.05, 0.1) is 6.54 Å². The fourth-order valence-corrected chi connectivity index (χ4v) is 5.17. The summed E-state index contributed by atoms with van der Waals surface area (Å²) in [5.74, 6) is 2.30. The summed E-state index contributed by atoms with van der Waals surface area (Å²) >= 11 is 6.32. The largest absolute Gasteiger partial charge is 0.341 e. The van der Waals surface area contributed by atoms with Crippen molar-refractivity contribution >= 4 is 35.0 Å². The normalized spacial score (nSPS) is 23.5. The molecule has 2 saturated heterocycles. The van der Waals surface area contributed by atoms with Crippen molar-refractivity contribution in [3.63, 3.8) is 0 Å². The number of nitrogens with one attached hydrogen (secondary N) is 2. The first-order chi connectivity index (χ1) is 14.9. The number of aryl methyl sites for hydroxylation is 1. The lowest BCUT2D eigenvalue weighted by Crippen LogP contribution is -2.57. The van der Waals surface area contributed by atoms with Crippen molar-refractivity contribution in [2.24, 2.45) is 0 Å². The van der Waals surface area contributed by atoms with Crippen LogP contribution in [0.25, 0.3) is 0 Å². The van der Waals surface area contributed by atoms with E-state index in [1.165, 1.54) is 6.42 Å². The molecular weight excluding hydrogens is 414 g/mol. The molecule has 3 atom stereocenters. The number of carbonyl (C=O) groups excluding carboxylic acids is 1. The van der Waals surface area contributed by atoms with Gasteiger partial charge < -0.3 is 10.2 Å². The molecule has 2 fully saturated rings. The van der Waals surface area contributed by atoms with Crippen molar-refractivity contribution in [2.45, 2.75) is 76.9 Å². The molecule has 8 nitrogen and oxygen atoms in total. The number of ketones is 1. The number of hydrogen-bond donors (Lipinski definition) is 2. The molecule has 2 aromatic rings. The zero-order chi connectivity index (χ0) is 22.0. The van der Waals surface area contributed by atoms with Gasteiger partial charge in [-0.05, 0) is 39.0 Å². The number of rotatable bonds is 8. The number of aromatic nitrogens is 4. The summed E-state index contributed by atoms with van der Waals surface area (Å²) in [7, 11) is 2.05. The van der Waals surface area contributed by atoms with Crippen molar-refractivity contribution in [3.8, 4) is 0 Å². The molecule has 0 radical (unpaired) electrons. The number of aromatic amines is 1. The Hall–Kier alpha value is -2.19. The van der Waals surface area contributed by atoms with Gasteiger partial charge in [0.25, 0.3) is 0 Å². The van der Waals surface area contributed by atoms with Crippen LogP contribution in [0.2, 0.25) is 5.15 Å². The minimum atomic E-state index is 0.326. The summed E-state index contributed by atoms with van der Waals surface area (Å²) in [5.41, 5.74) is 0.968. The molecule has 1 unspecified atom stereocenters. The Morgan fingerprint density at radius 2 is 2.00 bits per heavy atom. The van der Waals surface area contributed by atoms with E-state index in [1.807, 2.05) is 20.0 Å². The van der Waals surface area contributed by atoms with Crippen molar-refractivity contribution in [1.82, 2.24) is 25.1 Å². The predicted octanol–water partition coefficient (Wildman–Crippen LogP) is 4.10. The first kappa shape index (κ1) is 22.0. The Morgan fingerprint density at radius 1 is 1.26 bits per heavy atom.